The van der Waals surface area contributed by atoms with Gasteiger partial charge >= 0.3 is 0 Å². The molecule has 0 heterocycles. The Bertz CT molecular complexity index is 307. The molecular weight excluding hydrogens is 260 g/mol. The molecular formula is C19H34O2. The summed E-state index contributed by atoms with van der Waals surface area (Å²) >= 11 is 0. The SMILES string of the molecule is CC1CCC(=O)C=C1CCCCCCCCCCCCO. The number of ketones is 1. The Morgan fingerprint density at radius 3 is 2.05 bits per heavy atom. The van der Waals surface area contributed by atoms with Gasteiger partial charge in [0.2, 0.25) is 0 Å². The predicted molar refractivity (Wildman–Crippen MR) is 89.4 cm³/mol. The van der Waals surface area contributed by atoms with Gasteiger partial charge in [-0.25, -0.2) is 0 Å². The van der Waals surface area contributed by atoms with E-state index in [-0.39, 0.29) is 0 Å². The number of carbonyl (C=O) groups excluding carboxylic acids is 1. The molecule has 1 aliphatic rings. The van der Waals surface area contributed by atoms with Crippen LogP contribution in [-0.2, 0) is 4.79 Å². The van der Waals surface area contributed by atoms with Crippen LogP contribution in [0, 0.1) is 5.92 Å². The molecule has 0 aromatic rings. The van der Waals surface area contributed by atoms with Crippen LogP contribution in [0.15, 0.2) is 11.6 Å². The van der Waals surface area contributed by atoms with Crippen molar-refractivity contribution in [3.05, 3.63) is 11.6 Å². The third-order valence-corrected chi connectivity index (χ3v) is 4.68. The van der Waals surface area contributed by atoms with E-state index in [4.69, 9.17) is 5.11 Å². The molecule has 1 aliphatic carbocycles. The minimum absolute atomic E-state index is 0.337. The number of rotatable bonds is 12. The third-order valence-electron chi connectivity index (χ3n) is 4.68. The van der Waals surface area contributed by atoms with Crippen molar-refractivity contribution in [1.82, 2.24) is 0 Å². The van der Waals surface area contributed by atoms with Gasteiger partial charge in [0.15, 0.2) is 5.78 Å². The molecule has 2 nitrogen and oxygen atoms in total. The highest BCUT2D eigenvalue weighted by molar-refractivity contribution is 5.91. The standard InChI is InChI=1S/C19H34O2/c1-17-13-14-19(21)16-18(17)12-10-8-6-4-2-3-5-7-9-11-15-20/h16-17,20H,2-15H2,1H3. The third kappa shape index (κ3) is 9.08. The van der Waals surface area contributed by atoms with Crippen molar-refractivity contribution in [2.45, 2.75) is 90.4 Å². The number of aliphatic hydroxyl groups is 1. The van der Waals surface area contributed by atoms with E-state index in [1.807, 2.05) is 6.08 Å². The van der Waals surface area contributed by atoms with Crippen molar-refractivity contribution in [2.24, 2.45) is 5.92 Å². The Morgan fingerprint density at radius 2 is 1.48 bits per heavy atom. The predicted octanol–water partition coefficient (Wildman–Crippen LogP) is 5.20. The zero-order chi connectivity index (χ0) is 15.3. The van der Waals surface area contributed by atoms with Crippen molar-refractivity contribution >= 4 is 5.78 Å². The molecule has 1 rings (SSSR count). The fraction of sp³-hybridized carbons (Fsp3) is 0.842. The molecule has 0 radical (unpaired) electrons. The smallest absolute Gasteiger partial charge is 0.155 e. The Kier molecular flexibility index (Phi) is 10.5. The summed E-state index contributed by atoms with van der Waals surface area (Å²) in [7, 11) is 0. The Labute approximate surface area is 131 Å². The van der Waals surface area contributed by atoms with Gasteiger partial charge < -0.3 is 5.11 Å². The number of allylic oxidation sites excluding steroid dienone is 2. The van der Waals surface area contributed by atoms with Gasteiger partial charge in [-0.2, -0.15) is 0 Å². The molecule has 0 aromatic carbocycles. The fourth-order valence-electron chi connectivity index (χ4n) is 3.14. The Morgan fingerprint density at radius 1 is 0.952 bits per heavy atom. The monoisotopic (exact) mass is 294 g/mol. The van der Waals surface area contributed by atoms with Crippen molar-refractivity contribution < 1.29 is 9.90 Å². The van der Waals surface area contributed by atoms with Gasteiger partial charge in [0.25, 0.3) is 0 Å². The maximum Gasteiger partial charge on any atom is 0.155 e. The van der Waals surface area contributed by atoms with Gasteiger partial charge in [-0.3, -0.25) is 4.79 Å². The average molecular weight is 294 g/mol. The summed E-state index contributed by atoms with van der Waals surface area (Å²) in [6.07, 6.45) is 17.6. The van der Waals surface area contributed by atoms with Crippen LogP contribution < -0.4 is 0 Å². The molecule has 0 aromatic heterocycles. The molecule has 0 bridgehead atoms. The van der Waals surface area contributed by atoms with E-state index in [0.29, 0.717) is 18.3 Å². The van der Waals surface area contributed by atoms with E-state index in [1.54, 1.807) is 0 Å². The van der Waals surface area contributed by atoms with Crippen molar-refractivity contribution in [3.63, 3.8) is 0 Å². The van der Waals surface area contributed by atoms with E-state index in [2.05, 4.69) is 6.92 Å². The maximum absolute atomic E-state index is 11.4. The molecule has 0 amide bonds. The maximum atomic E-state index is 11.4. The van der Waals surface area contributed by atoms with E-state index in [1.165, 1.54) is 63.4 Å². The lowest BCUT2D eigenvalue weighted by Gasteiger charge is -2.19. The fourth-order valence-corrected chi connectivity index (χ4v) is 3.14. The lowest BCUT2D eigenvalue weighted by molar-refractivity contribution is -0.115. The summed E-state index contributed by atoms with van der Waals surface area (Å²) in [4.78, 5) is 11.4. The second-order valence-corrected chi connectivity index (χ2v) is 6.63. The zero-order valence-electron chi connectivity index (χ0n) is 13.9. The van der Waals surface area contributed by atoms with E-state index in [0.717, 1.165) is 25.7 Å². The first-order chi connectivity index (χ1) is 10.2. The molecule has 0 saturated carbocycles. The summed E-state index contributed by atoms with van der Waals surface area (Å²) < 4.78 is 0. The first-order valence-electron chi connectivity index (χ1n) is 9.08. The quantitative estimate of drug-likeness (QED) is 0.503. The molecule has 0 spiro atoms. The largest absolute Gasteiger partial charge is 0.396 e. The van der Waals surface area contributed by atoms with Gasteiger partial charge in [-0.05, 0) is 37.7 Å². The molecule has 21 heavy (non-hydrogen) atoms. The highest BCUT2D eigenvalue weighted by atomic mass is 16.2. The van der Waals surface area contributed by atoms with Crippen LogP contribution in [0.25, 0.3) is 0 Å². The van der Waals surface area contributed by atoms with Gasteiger partial charge in [-0.1, -0.05) is 63.9 Å². The summed E-state index contributed by atoms with van der Waals surface area (Å²) in [6, 6.07) is 0. The molecule has 1 atom stereocenters. The number of aliphatic hydroxyl groups excluding tert-OH is 1. The molecule has 122 valence electrons. The molecule has 0 aliphatic heterocycles. The van der Waals surface area contributed by atoms with Gasteiger partial charge in [0.1, 0.15) is 0 Å². The number of carbonyl (C=O) groups is 1. The van der Waals surface area contributed by atoms with Crippen molar-refractivity contribution in [2.75, 3.05) is 6.61 Å². The molecule has 2 heteroatoms. The summed E-state index contributed by atoms with van der Waals surface area (Å²) in [5, 5.41) is 8.69. The Hall–Kier alpha value is -0.630. The van der Waals surface area contributed by atoms with E-state index in [9.17, 15) is 4.79 Å². The van der Waals surface area contributed by atoms with Crippen LogP contribution in [0.5, 0.6) is 0 Å². The summed E-state index contributed by atoms with van der Waals surface area (Å²) in [5.41, 5.74) is 1.40. The van der Waals surface area contributed by atoms with Crippen LogP contribution in [0.2, 0.25) is 0 Å². The zero-order valence-corrected chi connectivity index (χ0v) is 13.9. The van der Waals surface area contributed by atoms with E-state index < -0.39 is 0 Å². The minimum Gasteiger partial charge on any atom is -0.396 e. The van der Waals surface area contributed by atoms with Crippen LogP contribution >= 0.6 is 0 Å². The highest BCUT2D eigenvalue weighted by Crippen LogP contribution is 2.26. The minimum atomic E-state index is 0.337. The van der Waals surface area contributed by atoms with Crippen LogP contribution in [0.1, 0.15) is 90.4 Å². The molecule has 1 N–H and O–H groups in total. The van der Waals surface area contributed by atoms with Crippen molar-refractivity contribution in [3.8, 4) is 0 Å². The highest BCUT2D eigenvalue weighted by Gasteiger charge is 2.16. The van der Waals surface area contributed by atoms with E-state index >= 15 is 0 Å². The van der Waals surface area contributed by atoms with Gasteiger partial charge in [0.05, 0.1) is 0 Å². The van der Waals surface area contributed by atoms with Gasteiger partial charge in [0, 0.05) is 13.0 Å². The number of hydrogen-bond donors (Lipinski definition) is 1. The van der Waals surface area contributed by atoms with Crippen LogP contribution in [0.4, 0.5) is 0 Å². The summed E-state index contributed by atoms with van der Waals surface area (Å²) in [6.45, 7) is 2.61. The second kappa shape index (κ2) is 12.0. The normalized spacial score (nSPS) is 18.9. The first kappa shape index (κ1) is 18.4. The van der Waals surface area contributed by atoms with Gasteiger partial charge in [-0.15, -0.1) is 0 Å². The lowest BCUT2D eigenvalue weighted by atomic mass is 9.85. The topological polar surface area (TPSA) is 37.3 Å². The average Bonchev–Trinajstić information content (AvgIpc) is 2.48. The van der Waals surface area contributed by atoms with Crippen LogP contribution in [0.3, 0.4) is 0 Å². The summed E-state index contributed by atoms with van der Waals surface area (Å²) in [5.74, 6) is 0.964. The number of unbranched alkanes of at least 4 members (excludes halogenated alkanes) is 9. The molecule has 0 saturated heterocycles. The van der Waals surface area contributed by atoms with Crippen molar-refractivity contribution in [1.29, 1.82) is 0 Å². The second-order valence-electron chi connectivity index (χ2n) is 6.63. The number of hydrogen-bond acceptors (Lipinski definition) is 2. The lowest BCUT2D eigenvalue weighted by Crippen LogP contribution is -2.11. The molecule has 1 unspecified atom stereocenters. The first-order valence-corrected chi connectivity index (χ1v) is 9.08. The molecule has 0 fully saturated rings. The van der Waals surface area contributed by atoms with Crippen LogP contribution in [-0.4, -0.2) is 17.5 Å². The Balaban J connectivity index is 1.89.